The minimum Gasteiger partial charge on any atom is -0.352 e. The standard InChI is InChI=1S/C15H28N2O/c1-11-6-4-5-7-14(11)16-15(18)10-17(3)12(2)13-8-9-13/h11-14H,4-10H2,1-3H3,(H,16,18). The van der Waals surface area contributed by atoms with E-state index in [-0.39, 0.29) is 5.91 Å². The number of hydrogen-bond acceptors (Lipinski definition) is 2. The number of likely N-dealkylation sites (N-methyl/N-ethyl adjacent to an activating group) is 1. The lowest BCUT2D eigenvalue weighted by Gasteiger charge is -2.31. The third kappa shape index (κ3) is 3.71. The molecule has 2 fully saturated rings. The van der Waals surface area contributed by atoms with Crippen molar-refractivity contribution < 1.29 is 4.79 Å². The number of carbonyl (C=O) groups is 1. The SMILES string of the molecule is CC1CCCCC1NC(=O)CN(C)C(C)C1CC1. The third-order valence-electron chi connectivity index (χ3n) is 4.85. The second-order valence-electron chi connectivity index (χ2n) is 6.43. The van der Waals surface area contributed by atoms with Gasteiger partial charge in [-0.2, -0.15) is 0 Å². The van der Waals surface area contributed by atoms with Gasteiger partial charge in [0.2, 0.25) is 5.91 Å². The molecule has 0 aromatic carbocycles. The molecule has 0 aliphatic heterocycles. The van der Waals surface area contributed by atoms with Crippen molar-refractivity contribution in [2.75, 3.05) is 13.6 Å². The summed E-state index contributed by atoms with van der Waals surface area (Å²) in [4.78, 5) is 14.3. The molecule has 2 rings (SSSR count). The maximum absolute atomic E-state index is 12.1. The maximum Gasteiger partial charge on any atom is 0.234 e. The van der Waals surface area contributed by atoms with Crippen LogP contribution in [0.2, 0.25) is 0 Å². The van der Waals surface area contributed by atoms with Gasteiger partial charge in [0, 0.05) is 12.1 Å². The van der Waals surface area contributed by atoms with Gasteiger partial charge in [0.05, 0.1) is 6.54 Å². The topological polar surface area (TPSA) is 32.3 Å². The molecule has 104 valence electrons. The van der Waals surface area contributed by atoms with E-state index in [1.165, 1.54) is 32.1 Å². The molecule has 0 aromatic rings. The summed E-state index contributed by atoms with van der Waals surface area (Å²) in [5.74, 6) is 1.69. The fraction of sp³-hybridized carbons (Fsp3) is 0.933. The minimum absolute atomic E-state index is 0.212. The summed E-state index contributed by atoms with van der Waals surface area (Å²) in [6, 6.07) is 0.968. The summed E-state index contributed by atoms with van der Waals surface area (Å²) in [5.41, 5.74) is 0. The number of hydrogen-bond donors (Lipinski definition) is 1. The van der Waals surface area contributed by atoms with Crippen molar-refractivity contribution in [2.45, 2.75) is 64.5 Å². The van der Waals surface area contributed by atoms with E-state index in [2.05, 4.69) is 31.1 Å². The van der Waals surface area contributed by atoms with Gasteiger partial charge in [-0.15, -0.1) is 0 Å². The van der Waals surface area contributed by atoms with Crippen LogP contribution in [-0.4, -0.2) is 36.5 Å². The van der Waals surface area contributed by atoms with Crippen molar-refractivity contribution >= 4 is 5.91 Å². The Hall–Kier alpha value is -0.570. The zero-order chi connectivity index (χ0) is 13.1. The van der Waals surface area contributed by atoms with Crippen LogP contribution in [0, 0.1) is 11.8 Å². The molecule has 3 atom stereocenters. The molecule has 3 nitrogen and oxygen atoms in total. The van der Waals surface area contributed by atoms with E-state index in [0.29, 0.717) is 24.5 Å². The Labute approximate surface area is 111 Å². The lowest BCUT2D eigenvalue weighted by molar-refractivity contribution is -0.123. The van der Waals surface area contributed by atoms with Gasteiger partial charge in [-0.1, -0.05) is 19.8 Å². The molecule has 18 heavy (non-hydrogen) atoms. The van der Waals surface area contributed by atoms with Crippen molar-refractivity contribution in [1.29, 1.82) is 0 Å². The number of nitrogens with one attached hydrogen (secondary N) is 1. The van der Waals surface area contributed by atoms with Gasteiger partial charge in [0.1, 0.15) is 0 Å². The molecule has 0 bridgehead atoms. The number of amides is 1. The zero-order valence-electron chi connectivity index (χ0n) is 12.1. The fourth-order valence-electron chi connectivity index (χ4n) is 3.09. The van der Waals surface area contributed by atoms with E-state index in [4.69, 9.17) is 0 Å². The van der Waals surface area contributed by atoms with Gasteiger partial charge in [-0.25, -0.2) is 0 Å². The monoisotopic (exact) mass is 252 g/mol. The first kappa shape index (κ1) is 13.9. The van der Waals surface area contributed by atoms with E-state index in [1.807, 2.05) is 0 Å². The van der Waals surface area contributed by atoms with Crippen LogP contribution in [0.15, 0.2) is 0 Å². The van der Waals surface area contributed by atoms with Crippen LogP contribution in [0.5, 0.6) is 0 Å². The van der Waals surface area contributed by atoms with E-state index in [9.17, 15) is 4.79 Å². The molecule has 0 heterocycles. The summed E-state index contributed by atoms with van der Waals surface area (Å²) in [6.07, 6.45) is 7.70. The second kappa shape index (κ2) is 6.05. The molecule has 2 aliphatic carbocycles. The van der Waals surface area contributed by atoms with Gasteiger partial charge in [-0.3, -0.25) is 9.69 Å². The first-order valence-electron chi connectivity index (χ1n) is 7.57. The molecule has 2 saturated carbocycles. The predicted molar refractivity (Wildman–Crippen MR) is 74.4 cm³/mol. The Kier molecular flexibility index (Phi) is 4.66. The molecular weight excluding hydrogens is 224 g/mol. The van der Waals surface area contributed by atoms with Crippen molar-refractivity contribution in [3.63, 3.8) is 0 Å². The molecule has 3 unspecified atom stereocenters. The Balaban J connectivity index is 1.73. The van der Waals surface area contributed by atoms with Crippen molar-refractivity contribution in [3.8, 4) is 0 Å². The Morgan fingerprint density at radius 1 is 1.28 bits per heavy atom. The van der Waals surface area contributed by atoms with Crippen LogP contribution in [-0.2, 0) is 4.79 Å². The molecule has 0 spiro atoms. The number of carbonyl (C=O) groups excluding carboxylic acids is 1. The average molecular weight is 252 g/mol. The van der Waals surface area contributed by atoms with Crippen LogP contribution in [0.25, 0.3) is 0 Å². The molecule has 1 N–H and O–H groups in total. The lowest BCUT2D eigenvalue weighted by Crippen LogP contribution is -2.46. The van der Waals surface area contributed by atoms with Crippen molar-refractivity contribution in [3.05, 3.63) is 0 Å². The first-order chi connectivity index (χ1) is 8.58. The van der Waals surface area contributed by atoms with Gasteiger partial charge in [0.15, 0.2) is 0 Å². The summed E-state index contributed by atoms with van der Waals surface area (Å²) in [7, 11) is 2.08. The van der Waals surface area contributed by atoms with Gasteiger partial charge >= 0.3 is 0 Å². The lowest BCUT2D eigenvalue weighted by atomic mass is 9.86. The van der Waals surface area contributed by atoms with Crippen LogP contribution in [0.4, 0.5) is 0 Å². The van der Waals surface area contributed by atoms with Crippen LogP contribution in [0.3, 0.4) is 0 Å². The third-order valence-corrected chi connectivity index (χ3v) is 4.85. The molecular formula is C15H28N2O. The minimum atomic E-state index is 0.212. The molecule has 3 heteroatoms. The number of nitrogens with zero attached hydrogens (tertiary/aromatic N) is 1. The summed E-state index contributed by atoms with van der Waals surface area (Å²) in [5, 5.41) is 3.23. The molecule has 0 saturated heterocycles. The molecule has 0 radical (unpaired) electrons. The van der Waals surface area contributed by atoms with Crippen LogP contribution >= 0.6 is 0 Å². The van der Waals surface area contributed by atoms with Gasteiger partial charge in [0.25, 0.3) is 0 Å². The van der Waals surface area contributed by atoms with Gasteiger partial charge < -0.3 is 5.32 Å². The van der Waals surface area contributed by atoms with Crippen LogP contribution < -0.4 is 5.32 Å². The quantitative estimate of drug-likeness (QED) is 0.815. The summed E-state index contributed by atoms with van der Waals surface area (Å²) in [6.45, 7) is 5.07. The fourth-order valence-corrected chi connectivity index (χ4v) is 3.09. The van der Waals surface area contributed by atoms with Crippen molar-refractivity contribution in [1.82, 2.24) is 10.2 Å². The molecule has 2 aliphatic rings. The Morgan fingerprint density at radius 3 is 2.56 bits per heavy atom. The Morgan fingerprint density at radius 2 is 1.94 bits per heavy atom. The highest BCUT2D eigenvalue weighted by Crippen LogP contribution is 2.34. The average Bonchev–Trinajstić information content (AvgIpc) is 3.15. The van der Waals surface area contributed by atoms with Gasteiger partial charge in [-0.05, 0) is 51.5 Å². The highest BCUT2D eigenvalue weighted by atomic mass is 16.2. The van der Waals surface area contributed by atoms with Crippen LogP contribution in [0.1, 0.15) is 52.4 Å². The molecule has 1 amide bonds. The van der Waals surface area contributed by atoms with Crippen molar-refractivity contribution in [2.24, 2.45) is 11.8 Å². The van der Waals surface area contributed by atoms with E-state index >= 15 is 0 Å². The second-order valence-corrected chi connectivity index (χ2v) is 6.43. The normalized spacial score (nSPS) is 30.2. The summed E-state index contributed by atoms with van der Waals surface area (Å²) < 4.78 is 0. The predicted octanol–water partition coefficient (Wildman–Crippen LogP) is 2.41. The van der Waals surface area contributed by atoms with E-state index in [0.717, 1.165) is 12.3 Å². The maximum atomic E-state index is 12.1. The Bertz CT molecular complexity index is 288. The molecule has 0 aromatic heterocycles. The number of rotatable bonds is 5. The first-order valence-corrected chi connectivity index (χ1v) is 7.57. The van der Waals surface area contributed by atoms with E-state index in [1.54, 1.807) is 0 Å². The summed E-state index contributed by atoms with van der Waals surface area (Å²) >= 11 is 0. The zero-order valence-corrected chi connectivity index (χ0v) is 12.1. The highest BCUT2D eigenvalue weighted by molar-refractivity contribution is 5.78. The highest BCUT2D eigenvalue weighted by Gasteiger charge is 2.31. The van der Waals surface area contributed by atoms with E-state index < -0.39 is 0 Å². The largest absolute Gasteiger partial charge is 0.352 e. The smallest absolute Gasteiger partial charge is 0.234 e.